The minimum absolute atomic E-state index is 0.0632. The second-order valence-corrected chi connectivity index (χ2v) is 5.64. The summed E-state index contributed by atoms with van der Waals surface area (Å²) in [6.45, 7) is 3.33. The van der Waals surface area contributed by atoms with Crippen molar-refractivity contribution in [1.82, 2.24) is 14.3 Å². The Balaban J connectivity index is 1.87. The summed E-state index contributed by atoms with van der Waals surface area (Å²) in [7, 11) is 2.03. The minimum Gasteiger partial charge on any atom is -0.394 e. The van der Waals surface area contributed by atoms with Crippen molar-refractivity contribution in [2.24, 2.45) is 7.05 Å². The van der Waals surface area contributed by atoms with Gasteiger partial charge in [0.1, 0.15) is 5.82 Å². The van der Waals surface area contributed by atoms with Crippen molar-refractivity contribution < 1.29 is 5.11 Å². The van der Waals surface area contributed by atoms with Crippen LogP contribution >= 0.6 is 0 Å². The van der Waals surface area contributed by atoms with E-state index in [1.54, 1.807) is 0 Å². The van der Waals surface area contributed by atoms with Crippen molar-refractivity contribution in [3.63, 3.8) is 0 Å². The van der Waals surface area contributed by atoms with Gasteiger partial charge in [-0.25, -0.2) is 4.68 Å². The van der Waals surface area contributed by atoms with E-state index in [1.165, 1.54) is 11.3 Å². The minimum atomic E-state index is 0.0632. The second-order valence-electron chi connectivity index (χ2n) is 5.64. The zero-order valence-electron chi connectivity index (χ0n) is 13.5. The first kappa shape index (κ1) is 15.4. The molecule has 0 spiro atoms. The topological polar surface area (TPSA) is 55.0 Å². The van der Waals surface area contributed by atoms with E-state index < -0.39 is 0 Å². The Morgan fingerprint density at radius 1 is 1.17 bits per heavy atom. The van der Waals surface area contributed by atoms with Gasteiger partial charge in [-0.2, -0.15) is 5.10 Å². The number of hydrogen-bond acceptors (Lipinski definition) is 3. The van der Waals surface area contributed by atoms with E-state index in [-0.39, 0.29) is 6.61 Å². The molecule has 0 aliphatic rings. The molecule has 0 aliphatic carbocycles. The number of rotatable bonds is 6. The van der Waals surface area contributed by atoms with Gasteiger partial charge in [0.2, 0.25) is 0 Å². The molecule has 2 N–H and O–H groups in total. The van der Waals surface area contributed by atoms with Gasteiger partial charge in [0.05, 0.1) is 25.4 Å². The molecule has 120 valence electrons. The molecule has 0 atom stereocenters. The third-order valence-electron chi connectivity index (χ3n) is 4.01. The molecule has 0 amide bonds. The van der Waals surface area contributed by atoms with Crippen LogP contribution in [-0.4, -0.2) is 26.1 Å². The summed E-state index contributed by atoms with van der Waals surface area (Å²) < 4.78 is 3.91. The SMILES string of the molecule is Cc1ccccc1-c1cc(NCc2cccn2C)n(CCO)n1. The van der Waals surface area contributed by atoms with Crippen LogP contribution in [0.3, 0.4) is 0 Å². The Kier molecular flexibility index (Phi) is 4.48. The molecule has 1 aromatic carbocycles. The van der Waals surface area contributed by atoms with Gasteiger partial charge in [0, 0.05) is 30.6 Å². The summed E-state index contributed by atoms with van der Waals surface area (Å²) in [6, 6.07) is 14.4. The first-order chi connectivity index (χ1) is 11.2. The highest BCUT2D eigenvalue weighted by Gasteiger charge is 2.11. The molecule has 0 bridgehead atoms. The standard InChI is InChI=1S/C18H22N4O/c1-14-6-3-4-8-16(14)17-12-18(22(20-17)10-11-23)19-13-15-7-5-9-21(15)2/h3-9,12,19,23H,10-11,13H2,1-2H3. The molecule has 0 unspecified atom stereocenters. The van der Waals surface area contributed by atoms with Gasteiger partial charge in [0.25, 0.3) is 0 Å². The molecule has 2 heterocycles. The first-order valence-electron chi connectivity index (χ1n) is 7.78. The average Bonchev–Trinajstić information content (AvgIpc) is 3.12. The van der Waals surface area contributed by atoms with Crippen LogP contribution in [0.4, 0.5) is 5.82 Å². The van der Waals surface area contributed by atoms with Crippen LogP contribution in [0.1, 0.15) is 11.3 Å². The van der Waals surface area contributed by atoms with E-state index in [1.807, 2.05) is 42.2 Å². The van der Waals surface area contributed by atoms with Crippen LogP contribution in [0.2, 0.25) is 0 Å². The van der Waals surface area contributed by atoms with Crippen LogP contribution < -0.4 is 5.32 Å². The molecule has 0 saturated heterocycles. The quantitative estimate of drug-likeness (QED) is 0.736. The number of hydrogen-bond donors (Lipinski definition) is 2. The van der Waals surface area contributed by atoms with Crippen LogP contribution in [-0.2, 0) is 20.1 Å². The number of anilines is 1. The Morgan fingerprint density at radius 3 is 2.70 bits per heavy atom. The fourth-order valence-electron chi connectivity index (χ4n) is 2.68. The lowest BCUT2D eigenvalue weighted by molar-refractivity contribution is 0.270. The Labute approximate surface area is 136 Å². The smallest absolute Gasteiger partial charge is 0.125 e. The third kappa shape index (κ3) is 3.29. The molecule has 0 fully saturated rings. The number of nitrogens with one attached hydrogen (secondary N) is 1. The molecular weight excluding hydrogens is 288 g/mol. The van der Waals surface area contributed by atoms with E-state index >= 15 is 0 Å². The van der Waals surface area contributed by atoms with E-state index in [0.717, 1.165) is 17.1 Å². The Morgan fingerprint density at radius 2 is 2.00 bits per heavy atom. The van der Waals surface area contributed by atoms with Gasteiger partial charge in [-0.05, 0) is 24.6 Å². The number of aliphatic hydroxyl groups excluding tert-OH is 1. The van der Waals surface area contributed by atoms with Crippen molar-refractivity contribution >= 4 is 5.82 Å². The van der Waals surface area contributed by atoms with Crippen molar-refractivity contribution in [2.45, 2.75) is 20.0 Å². The highest BCUT2D eigenvalue weighted by atomic mass is 16.3. The fraction of sp³-hybridized carbons (Fsp3) is 0.278. The molecular formula is C18H22N4O. The molecule has 0 radical (unpaired) electrons. The van der Waals surface area contributed by atoms with E-state index in [0.29, 0.717) is 13.1 Å². The Hall–Kier alpha value is -2.53. The molecule has 5 nitrogen and oxygen atoms in total. The normalized spacial score (nSPS) is 10.9. The lowest BCUT2D eigenvalue weighted by atomic mass is 10.1. The zero-order chi connectivity index (χ0) is 16.2. The van der Waals surface area contributed by atoms with Gasteiger partial charge in [-0.1, -0.05) is 24.3 Å². The average molecular weight is 310 g/mol. The van der Waals surface area contributed by atoms with Crippen molar-refractivity contribution in [3.05, 3.63) is 59.9 Å². The predicted molar refractivity (Wildman–Crippen MR) is 92.2 cm³/mol. The van der Waals surface area contributed by atoms with Gasteiger partial charge in [-0.3, -0.25) is 0 Å². The second kappa shape index (κ2) is 6.71. The summed E-state index contributed by atoms with van der Waals surface area (Å²) in [6.07, 6.45) is 2.03. The highest BCUT2D eigenvalue weighted by molar-refractivity contribution is 5.66. The maximum absolute atomic E-state index is 9.28. The van der Waals surface area contributed by atoms with Crippen molar-refractivity contribution in [2.75, 3.05) is 11.9 Å². The first-order valence-corrected chi connectivity index (χ1v) is 7.78. The van der Waals surface area contributed by atoms with Gasteiger partial charge in [-0.15, -0.1) is 0 Å². The van der Waals surface area contributed by atoms with Crippen LogP contribution in [0.15, 0.2) is 48.7 Å². The monoisotopic (exact) mass is 310 g/mol. The van der Waals surface area contributed by atoms with E-state index in [4.69, 9.17) is 0 Å². The van der Waals surface area contributed by atoms with Crippen molar-refractivity contribution in [3.8, 4) is 11.3 Å². The fourth-order valence-corrected chi connectivity index (χ4v) is 2.68. The molecule has 3 rings (SSSR count). The molecule has 0 saturated carbocycles. The van der Waals surface area contributed by atoms with Crippen LogP contribution in [0, 0.1) is 6.92 Å². The lowest BCUT2D eigenvalue weighted by Gasteiger charge is -2.09. The number of aromatic nitrogens is 3. The number of nitrogens with zero attached hydrogens (tertiary/aromatic N) is 3. The summed E-state index contributed by atoms with van der Waals surface area (Å²) in [5, 5.41) is 17.3. The van der Waals surface area contributed by atoms with Crippen LogP contribution in [0.25, 0.3) is 11.3 Å². The van der Waals surface area contributed by atoms with Crippen molar-refractivity contribution in [1.29, 1.82) is 0 Å². The third-order valence-corrected chi connectivity index (χ3v) is 4.01. The highest BCUT2D eigenvalue weighted by Crippen LogP contribution is 2.25. The summed E-state index contributed by atoms with van der Waals surface area (Å²) in [5.74, 6) is 0.915. The zero-order valence-corrected chi connectivity index (χ0v) is 13.5. The molecule has 5 heteroatoms. The molecule has 2 aromatic heterocycles. The largest absolute Gasteiger partial charge is 0.394 e. The Bertz CT molecular complexity index is 788. The van der Waals surface area contributed by atoms with Gasteiger partial charge in [0.15, 0.2) is 0 Å². The van der Waals surface area contributed by atoms with E-state index in [2.05, 4.69) is 40.1 Å². The summed E-state index contributed by atoms with van der Waals surface area (Å²) >= 11 is 0. The number of aryl methyl sites for hydroxylation is 2. The number of benzene rings is 1. The molecule has 0 aliphatic heterocycles. The molecule has 23 heavy (non-hydrogen) atoms. The maximum Gasteiger partial charge on any atom is 0.125 e. The number of aliphatic hydroxyl groups is 1. The predicted octanol–water partition coefficient (Wildman–Crippen LogP) is 2.80. The molecule has 3 aromatic rings. The summed E-state index contributed by atoms with van der Waals surface area (Å²) in [5.41, 5.74) is 4.42. The van der Waals surface area contributed by atoms with Gasteiger partial charge < -0.3 is 15.0 Å². The summed E-state index contributed by atoms with van der Waals surface area (Å²) in [4.78, 5) is 0. The van der Waals surface area contributed by atoms with E-state index in [9.17, 15) is 5.11 Å². The lowest BCUT2D eigenvalue weighted by Crippen LogP contribution is -2.11. The van der Waals surface area contributed by atoms with Crippen LogP contribution in [0.5, 0.6) is 0 Å². The van der Waals surface area contributed by atoms with Gasteiger partial charge >= 0.3 is 0 Å². The maximum atomic E-state index is 9.28.